The van der Waals surface area contributed by atoms with Crippen LogP contribution in [0.2, 0.25) is 0 Å². The van der Waals surface area contributed by atoms with Gasteiger partial charge in [-0.1, -0.05) is 0 Å². The fourth-order valence-corrected chi connectivity index (χ4v) is 2.00. The van der Waals surface area contributed by atoms with E-state index in [4.69, 9.17) is 4.74 Å². The Labute approximate surface area is 116 Å². The van der Waals surface area contributed by atoms with Crippen molar-refractivity contribution in [2.24, 2.45) is 5.92 Å². The molecule has 1 aliphatic rings. The molecule has 0 aliphatic heterocycles. The lowest BCUT2D eigenvalue weighted by molar-refractivity contribution is -0.153. The van der Waals surface area contributed by atoms with Crippen LogP contribution in [0.4, 0.5) is 18.9 Å². The van der Waals surface area contributed by atoms with Crippen LogP contribution < -0.4 is 10.1 Å². The fourth-order valence-electron chi connectivity index (χ4n) is 2.00. The van der Waals surface area contributed by atoms with E-state index >= 15 is 0 Å². The van der Waals surface area contributed by atoms with E-state index in [1.54, 1.807) is 19.2 Å². The molecule has 0 amide bonds. The monoisotopic (exact) mass is 289 g/mol. The molecule has 0 bridgehead atoms. The highest BCUT2D eigenvalue weighted by molar-refractivity contribution is 5.47. The zero-order chi connectivity index (χ0) is 14.6. The van der Waals surface area contributed by atoms with Gasteiger partial charge >= 0.3 is 6.18 Å². The van der Waals surface area contributed by atoms with Crippen molar-refractivity contribution in [1.29, 1.82) is 0 Å². The maximum atomic E-state index is 12.0. The van der Waals surface area contributed by atoms with Crippen molar-refractivity contribution >= 4 is 5.69 Å². The minimum absolute atomic E-state index is 0.211. The van der Waals surface area contributed by atoms with Gasteiger partial charge < -0.3 is 14.8 Å². The van der Waals surface area contributed by atoms with E-state index in [-0.39, 0.29) is 11.8 Å². The first-order valence-corrected chi connectivity index (χ1v) is 6.53. The number of hydrogen-bond acceptors (Lipinski definition) is 3. The summed E-state index contributed by atoms with van der Waals surface area (Å²) in [4.78, 5) is 0. The molecule has 6 heteroatoms. The summed E-state index contributed by atoms with van der Waals surface area (Å²) >= 11 is 0. The third-order valence-corrected chi connectivity index (χ3v) is 3.15. The van der Waals surface area contributed by atoms with E-state index in [1.807, 2.05) is 0 Å². The largest absolute Gasteiger partial charge is 0.484 e. The Morgan fingerprint density at radius 3 is 2.40 bits per heavy atom. The topological polar surface area (TPSA) is 30.5 Å². The Hall–Kier alpha value is -1.43. The number of nitrogens with one attached hydrogen (secondary N) is 1. The molecule has 0 spiro atoms. The Balaban J connectivity index is 1.87. The van der Waals surface area contributed by atoms with E-state index in [2.05, 4.69) is 10.1 Å². The molecule has 112 valence electrons. The fraction of sp³-hybridized carbons (Fsp3) is 0.571. The maximum Gasteiger partial charge on any atom is 0.422 e. The maximum absolute atomic E-state index is 12.0. The highest BCUT2D eigenvalue weighted by Crippen LogP contribution is 2.34. The van der Waals surface area contributed by atoms with Crippen molar-refractivity contribution in [3.8, 4) is 5.75 Å². The highest BCUT2D eigenvalue weighted by atomic mass is 19.4. The number of ether oxygens (including phenoxy) is 2. The third kappa shape index (κ3) is 4.92. The molecule has 0 radical (unpaired) electrons. The zero-order valence-electron chi connectivity index (χ0n) is 11.2. The minimum Gasteiger partial charge on any atom is -0.484 e. The molecule has 1 atom stereocenters. The summed E-state index contributed by atoms with van der Waals surface area (Å²) < 4.78 is 45.9. The number of alkyl halides is 3. The van der Waals surface area contributed by atoms with Gasteiger partial charge in [0.05, 0.1) is 12.6 Å². The van der Waals surface area contributed by atoms with Crippen molar-refractivity contribution in [2.75, 3.05) is 25.6 Å². The van der Waals surface area contributed by atoms with Crippen LogP contribution in [0.5, 0.6) is 5.75 Å². The zero-order valence-corrected chi connectivity index (χ0v) is 11.2. The summed E-state index contributed by atoms with van der Waals surface area (Å²) in [5, 5.41) is 3.34. The molecule has 0 heterocycles. The van der Waals surface area contributed by atoms with Crippen LogP contribution in [0.1, 0.15) is 12.8 Å². The average Bonchev–Trinajstić information content (AvgIpc) is 3.21. The predicted octanol–water partition coefficient (Wildman–Crippen LogP) is 3.46. The Morgan fingerprint density at radius 1 is 1.25 bits per heavy atom. The second-order valence-corrected chi connectivity index (χ2v) is 4.97. The number of halogens is 3. The first-order chi connectivity index (χ1) is 9.48. The van der Waals surface area contributed by atoms with Gasteiger partial charge in [-0.2, -0.15) is 13.2 Å². The van der Waals surface area contributed by atoms with Crippen LogP contribution in [0, 0.1) is 5.92 Å². The van der Waals surface area contributed by atoms with Gasteiger partial charge in [0.1, 0.15) is 5.75 Å². The predicted molar refractivity (Wildman–Crippen MR) is 70.0 cm³/mol. The molecular weight excluding hydrogens is 271 g/mol. The van der Waals surface area contributed by atoms with Crippen molar-refractivity contribution in [3.63, 3.8) is 0 Å². The summed E-state index contributed by atoms with van der Waals surface area (Å²) in [6.07, 6.45) is -1.94. The summed E-state index contributed by atoms with van der Waals surface area (Å²) in [7, 11) is 1.66. The van der Waals surface area contributed by atoms with Gasteiger partial charge in [-0.15, -0.1) is 0 Å². The summed E-state index contributed by atoms with van der Waals surface area (Å²) in [6, 6.07) is 6.75. The second kappa shape index (κ2) is 6.35. The first kappa shape index (κ1) is 15.0. The average molecular weight is 289 g/mol. The standard InChI is InChI=1S/C14H18F3NO2/c1-19-8-13(10-2-3-10)18-11-4-6-12(7-5-11)20-9-14(15,16)17/h4-7,10,13,18H,2-3,8-9H2,1H3. The molecule has 1 aromatic carbocycles. The van der Waals surface area contributed by atoms with Crippen molar-refractivity contribution in [2.45, 2.75) is 25.1 Å². The molecular formula is C14H18F3NO2. The Morgan fingerprint density at radius 2 is 1.90 bits per heavy atom. The van der Waals surface area contributed by atoms with Crippen LogP contribution in [0.3, 0.4) is 0 Å². The van der Waals surface area contributed by atoms with Crippen LogP contribution in [0.25, 0.3) is 0 Å². The van der Waals surface area contributed by atoms with E-state index in [1.165, 1.54) is 25.0 Å². The minimum atomic E-state index is -4.31. The number of anilines is 1. The highest BCUT2D eigenvalue weighted by Gasteiger charge is 2.31. The first-order valence-electron chi connectivity index (χ1n) is 6.53. The molecule has 1 fully saturated rings. The van der Waals surface area contributed by atoms with Gasteiger partial charge in [-0.25, -0.2) is 0 Å². The lowest BCUT2D eigenvalue weighted by atomic mass is 10.2. The van der Waals surface area contributed by atoms with Crippen LogP contribution in [-0.2, 0) is 4.74 Å². The summed E-state index contributed by atoms with van der Waals surface area (Å²) in [5.41, 5.74) is 0.860. The Kier molecular flexibility index (Phi) is 4.75. The van der Waals surface area contributed by atoms with E-state index in [0.717, 1.165) is 5.69 Å². The smallest absolute Gasteiger partial charge is 0.422 e. The van der Waals surface area contributed by atoms with Gasteiger partial charge in [0.15, 0.2) is 6.61 Å². The summed E-state index contributed by atoms with van der Waals surface area (Å²) in [6.45, 7) is -0.648. The molecule has 1 saturated carbocycles. The van der Waals surface area contributed by atoms with E-state index < -0.39 is 12.8 Å². The van der Waals surface area contributed by atoms with Gasteiger partial charge in [0.2, 0.25) is 0 Å². The molecule has 0 saturated heterocycles. The van der Waals surface area contributed by atoms with Crippen molar-refractivity contribution in [1.82, 2.24) is 0 Å². The molecule has 0 aromatic heterocycles. The van der Waals surface area contributed by atoms with Gasteiger partial charge in [-0.3, -0.25) is 0 Å². The quantitative estimate of drug-likeness (QED) is 0.834. The van der Waals surface area contributed by atoms with Gasteiger partial charge in [0, 0.05) is 12.8 Å². The molecule has 1 aromatic rings. The lowest BCUT2D eigenvalue weighted by Gasteiger charge is -2.19. The molecule has 2 rings (SSSR count). The number of methoxy groups -OCH3 is 1. The molecule has 1 unspecified atom stereocenters. The van der Waals surface area contributed by atoms with E-state index in [9.17, 15) is 13.2 Å². The summed E-state index contributed by atoms with van der Waals surface area (Å²) in [5.74, 6) is 0.832. The van der Waals surface area contributed by atoms with Crippen LogP contribution >= 0.6 is 0 Å². The van der Waals surface area contributed by atoms with Crippen LogP contribution in [-0.4, -0.2) is 32.5 Å². The molecule has 1 N–H and O–H groups in total. The molecule has 20 heavy (non-hydrogen) atoms. The van der Waals surface area contributed by atoms with Crippen LogP contribution in [0.15, 0.2) is 24.3 Å². The second-order valence-electron chi connectivity index (χ2n) is 4.97. The van der Waals surface area contributed by atoms with E-state index in [0.29, 0.717) is 12.5 Å². The van der Waals surface area contributed by atoms with Gasteiger partial charge in [0.25, 0.3) is 0 Å². The van der Waals surface area contributed by atoms with Crippen molar-refractivity contribution in [3.05, 3.63) is 24.3 Å². The lowest BCUT2D eigenvalue weighted by Crippen LogP contribution is -2.27. The number of benzene rings is 1. The number of hydrogen-bond donors (Lipinski definition) is 1. The third-order valence-electron chi connectivity index (χ3n) is 3.15. The van der Waals surface area contributed by atoms with Crippen molar-refractivity contribution < 1.29 is 22.6 Å². The SMILES string of the molecule is COCC(Nc1ccc(OCC(F)(F)F)cc1)C1CC1. The Bertz CT molecular complexity index is 415. The molecule has 1 aliphatic carbocycles. The normalized spacial score (nSPS) is 16.8. The molecule has 3 nitrogen and oxygen atoms in total. The van der Waals surface area contributed by atoms with Gasteiger partial charge in [-0.05, 0) is 43.0 Å². The number of rotatable bonds is 7.